The van der Waals surface area contributed by atoms with Crippen molar-refractivity contribution in [2.24, 2.45) is 5.73 Å². The Morgan fingerprint density at radius 2 is 2.17 bits per heavy atom. The number of nitrogens with zero attached hydrogens (tertiary/aromatic N) is 1. The number of rotatable bonds is 5. The van der Waals surface area contributed by atoms with Crippen molar-refractivity contribution in [1.82, 2.24) is 4.98 Å². The Bertz CT molecular complexity index is 392. The quantitative estimate of drug-likeness (QED) is 0.777. The zero-order chi connectivity index (χ0) is 13.6. The first-order chi connectivity index (χ1) is 8.43. The zero-order valence-corrected chi connectivity index (χ0v) is 9.33. The highest BCUT2D eigenvalue weighted by Crippen LogP contribution is 2.27. The Hall–Kier alpha value is -1.67. The minimum absolute atomic E-state index is 0.171. The van der Waals surface area contributed by atoms with Crippen LogP contribution in [0, 0.1) is 0 Å². The predicted molar refractivity (Wildman–Crippen MR) is 57.7 cm³/mol. The lowest BCUT2D eigenvalue weighted by atomic mass is 10.3. The van der Waals surface area contributed by atoms with Gasteiger partial charge in [0.2, 0.25) is 5.91 Å². The van der Waals surface area contributed by atoms with Gasteiger partial charge in [0.1, 0.15) is 12.3 Å². The summed E-state index contributed by atoms with van der Waals surface area (Å²) in [6.45, 7) is 0.312. The van der Waals surface area contributed by atoms with Crippen molar-refractivity contribution in [1.29, 1.82) is 0 Å². The molecular weight excluding hydrogens is 251 g/mol. The van der Waals surface area contributed by atoms with E-state index < -0.39 is 17.8 Å². The lowest BCUT2D eigenvalue weighted by Gasteiger charge is -2.08. The van der Waals surface area contributed by atoms with Gasteiger partial charge in [-0.3, -0.25) is 4.79 Å². The molecule has 0 bridgehead atoms. The second kappa shape index (κ2) is 6.31. The molecule has 3 N–H and O–H groups in total. The van der Waals surface area contributed by atoms with Crippen LogP contribution in [0.1, 0.15) is 5.69 Å². The van der Waals surface area contributed by atoms with Crippen molar-refractivity contribution in [3.8, 4) is 0 Å². The Labute approximate surface area is 101 Å². The van der Waals surface area contributed by atoms with E-state index in [0.717, 1.165) is 18.3 Å². The van der Waals surface area contributed by atoms with Gasteiger partial charge in [0.25, 0.3) is 0 Å². The number of pyridine rings is 1. The standard InChI is InChI=1S/C10H12F3N3O2/c11-10(12,13)8-2-1-7(5-15-8)16-9(17)6-18-4-3-14/h1-2,5H,3-4,6,14H2,(H,16,17). The van der Waals surface area contributed by atoms with Crippen molar-refractivity contribution >= 4 is 11.6 Å². The first-order valence-electron chi connectivity index (χ1n) is 5.04. The maximum absolute atomic E-state index is 12.2. The molecule has 1 heterocycles. The van der Waals surface area contributed by atoms with E-state index in [0.29, 0.717) is 0 Å². The molecule has 100 valence electrons. The molecule has 1 aromatic rings. The van der Waals surface area contributed by atoms with Gasteiger partial charge >= 0.3 is 6.18 Å². The molecule has 1 aromatic heterocycles. The van der Waals surface area contributed by atoms with Gasteiger partial charge < -0.3 is 15.8 Å². The zero-order valence-electron chi connectivity index (χ0n) is 9.33. The third-order valence-corrected chi connectivity index (χ3v) is 1.83. The summed E-state index contributed by atoms with van der Waals surface area (Å²) in [5.74, 6) is -0.481. The fourth-order valence-electron chi connectivity index (χ4n) is 1.08. The molecule has 8 heteroatoms. The van der Waals surface area contributed by atoms with Crippen molar-refractivity contribution in [3.05, 3.63) is 24.0 Å². The van der Waals surface area contributed by atoms with E-state index in [9.17, 15) is 18.0 Å². The van der Waals surface area contributed by atoms with Crippen LogP contribution in [0.4, 0.5) is 18.9 Å². The second-order valence-corrected chi connectivity index (χ2v) is 3.32. The van der Waals surface area contributed by atoms with Crippen molar-refractivity contribution in [3.63, 3.8) is 0 Å². The van der Waals surface area contributed by atoms with Crippen LogP contribution in [-0.2, 0) is 15.7 Å². The summed E-state index contributed by atoms with van der Waals surface area (Å²) < 4.78 is 41.5. The van der Waals surface area contributed by atoms with E-state index in [4.69, 9.17) is 10.5 Å². The molecule has 1 amide bonds. The van der Waals surface area contributed by atoms with Crippen LogP contribution in [-0.4, -0.2) is 30.6 Å². The Balaban J connectivity index is 2.51. The van der Waals surface area contributed by atoms with Crippen LogP contribution < -0.4 is 11.1 Å². The highest BCUT2D eigenvalue weighted by atomic mass is 19.4. The van der Waals surface area contributed by atoms with Crippen LogP contribution in [0.2, 0.25) is 0 Å². The molecule has 0 aliphatic heterocycles. The summed E-state index contributed by atoms with van der Waals surface area (Å²) in [5, 5.41) is 2.34. The average Bonchev–Trinajstić information content (AvgIpc) is 2.29. The SMILES string of the molecule is NCCOCC(=O)Nc1ccc(C(F)(F)F)nc1. The largest absolute Gasteiger partial charge is 0.433 e. The number of hydrogen-bond acceptors (Lipinski definition) is 4. The molecule has 5 nitrogen and oxygen atoms in total. The van der Waals surface area contributed by atoms with Crippen LogP contribution in [0.25, 0.3) is 0 Å². The molecule has 1 rings (SSSR count). The lowest BCUT2D eigenvalue weighted by molar-refractivity contribution is -0.141. The van der Waals surface area contributed by atoms with Crippen LogP contribution in [0.5, 0.6) is 0 Å². The van der Waals surface area contributed by atoms with E-state index in [2.05, 4.69) is 10.3 Å². The smallest absolute Gasteiger partial charge is 0.370 e. The molecule has 0 aliphatic carbocycles. The summed E-state index contributed by atoms with van der Waals surface area (Å²) >= 11 is 0. The first kappa shape index (κ1) is 14.4. The number of ether oxygens (including phenoxy) is 1. The molecule has 0 aromatic carbocycles. The molecule has 0 fully saturated rings. The summed E-state index contributed by atoms with van der Waals surface area (Å²) in [6, 6.07) is 1.91. The van der Waals surface area contributed by atoms with E-state index in [1.807, 2.05) is 0 Å². The number of carbonyl (C=O) groups excluding carboxylic acids is 1. The molecule has 0 aliphatic rings. The number of amides is 1. The first-order valence-corrected chi connectivity index (χ1v) is 5.04. The van der Waals surface area contributed by atoms with Gasteiger partial charge in [0, 0.05) is 6.54 Å². The van der Waals surface area contributed by atoms with Crippen molar-refractivity contribution in [2.75, 3.05) is 25.1 Å². The summed E-state index contributed by atoms with van der Waals surface area (Å²) in [7, 11) is 0. The third-order valence-electron chi connectivity index (χ3n) is 1.83. The average molecular weight is 263 g/mol. The van der Waals surface area contributed by atoms with Crippen LogP contribution in [0.15, 0.2) is 18.3 Å². The van der Waals surface area contributed by atoms with E-state index in [-0.39, 0.29) is 25.4 Å². The van der Waals surface area contributed by atoms with Gasteiger partial charge in [-0.15, -0.1) is 0 Å². The number of carbonyl (C=O) groups is 1. The Kier molecular flexibility index (Phi) is 5.05. The van der Waals surface area contributed by atoms with Crippen LogP contribution in [0.3, 0.4) is 0 Å². The monoisotopic (exact) mass is 263 g/mol. The summed E-state index contributed by atoms with van der Waals surface area (Å²) in [5.41, 5.74) is 4.31. The number of hydrogen-bond donors (Lipinski definition) is 2. The van der Waals surface area contributed by atoms with Gasteiger partial charge in [0.15, 0.2) is 0 Å². The number of anilines is 1. The lowest BCUT2D eigenvalue weighted by Crippen LogP contribution is -2.21. The summed E-state index contributed by atoms with van der Waals surface area (Å²) in [6.07, 6.45) is -3.56. The number of halogens is 3. The Morgan fingerprint density at radius 3 is 2.67 bits per heavy atom. The van der Waals surface area contributed by atoms with Crippen molar-refractivity contribution < 1.29 is 22.7 Å². The molecule has 0 saturated heterocycles. The maximum atomic E-state index is 12.2. The van der Waals surface area contributed by atoms with Crippen LogP contribution >= 0.6 is 0 Å². The van der Waals surface area contributed by atoms with E-state index in [1.165, 1.54) is 0 Å². The topological polar surface area (TPSA) is 77.2 Å². The van der Waals surface area contributed by atoms with Crippen molar-refractivity contribution in [2.45, 2.75) is 6.18 Å². The van der Waals surface area contributed by atoms with Gasteiger partial charge in [-0.25, -0.2) is 4.98 Å². The normalized spacial score (nSPS) is 11.3. The predicted octanol–water partition coefficient (Wildman–Crippen LogP) is 1.01. The van der Waals surface area contributed by atoms with E-state index >= 15 is 0 Å². The van der Waals surface area contributed by atoms with Gasteiger partial charge in [-0.2, -0.15) is 13.2 Å². The molecule has 0 spiro atoms. The minimum atomic E-state index is -4.49. The molecular formula is C10H12F3N3O2. The molecule has 0 unspecified atom stereocenters. The highest BCUT2D eigenvalue weighted by Gasteiger charge is 2.32. The fraction of sp³-hybridized carbons (Fsp3) is 0.400. The molecule has 18 heavy (non-hydrogen) atoms. The van der Waals surface area contributed by atoms with Gasteiger partial charge in [0.05, 0.1) is 18.5 Å². The maximum Gasteiger partial charge on any atom is 0.433 e. The van der Waals surface area contributed by atoms with Gasteiger partial charge in [-0.1, -0.05) is 0 Å². The molecule has 0 saturated carbocycles. The second-order valence-electron chi connectivity index (χ2n) is 3.32. The molecule has 0 atom stereocenters. The van der Waals surface area contributed by atoms with Gasteiger partial charge in [-0.05, 0) is 12.1 Å². The van der Waals surface area contributed by atoms with E-state index in [1.54, 1.807) is 0 Å². The summed E-state index contributed by atoms with van der Waals surface area (Å²) in [4.78, 5) is 14.4. The Morgan fingerprint density at radius 1 is 1.44 bits per heavy atom. The minimum Gasteiger partial charge on any atom is -0.370 e. The fourth-order valence-corrected chi connectivity index (χ4v) is 1.08. The number of aromatic nitrogens is 1. The molecule has 0 radical (unpaired) electrons. The third kappa shape index (κ3) is 4.68. The number of nitrogens with two attached hydrogens (primary N) is 1. The highest BCUT2D eigenvalue weighted by molar-refractivity contribution is 5.91. The number of alkyl halides is 3. The number of nitrogens with one attached hydrogen (secondary N) is 1.